The lowest BCUT2D eigenvalue weighted by Crippen LogP contribution is -2.39. The number of aromatic nitrogens is 2. The standard InChI is InChI=1S/C14H21N3O2/c1-4-17-12-8-6-5-7-11(12)16-13(17)9-10(15)14(18-2)19-3/h5-8,10,14H,4,9,15H2,1-3H3. The van der Waals surface area contributed by atoms with Crippen molar-refractivity contribution in [2.45, 2.75) is 32.2 Å². The quantitative estimate of drug-likeness (QED) is 0.803. The fourth-order valence-electron chi connectivity index (χ4n) is 2.39. The van der Waals surface area contributed by atoms with E-state index in [-0.39, 0.29) is 6.04 Å². The molecule has 1 aromatic carbocycles. The van der Waals surface area contributed by atoms with Crippen molar-refractivity contribution in [3.05, 3.63) is 30.1 Å². The van der Waals surface area contributed by atoms with Crippen LogP contribution in [0.15, 0.2) is 24.3 Å². The van der Waals surface area contributed by atoms with E-state index in [2.05, 4.69) is 22.5 Å². The van der Waals surface area contributed by atoms with E-state index in [1.807, 2.05) is 18.2 Å². The summed E-state index contributed by atoms with van der Waals surface area (Å²) in [6.45, 7) is 2.97. The molecule has 0 radical (unpaired) electrons. The molecule has 0 saturated heterocycles. The fourth-order valence-corrected chi connectivity index (χ4v) is 2.39. The molecule has 2 rings (SSSR count). The highest BCUT2D eigenvalue weighted by Crippen LogP contribution is 2.17. The highest BCUT2D eigenvalue weighted by Gasteiger charge is 2.20. The number of hydrogen-bond acceptors (Lipinski definition) is 4. The van der Waals surface area contributed by atoms with Gasteiger partial charge < -0.3 is 19.8 Å². The third-order valence-corrected chi connectivity index (χ3v) is 3.28. The van der Waals surface area contributed by atoms with E-state index in [0.717, 1.165) is 23.4 Å². The second-order valence-corrected chi connectivity index (χ2v) is 4.47. The minimum Gasteiger partial charge on any atom is -0.354 e. The Bertz CT molecular complexity index is 534. The van der Waals surface area contributed by atoms with Crippen molar-refractivity contribution in [1.82, 2.24) is 9.55 Å². The van der Waals surface area contributed by atoms with Gasteiger partial charge in [0.2, 0.25) is 0 Å². The smallest absolute Gasteiger partial charge is 0.172 e. The summed E-state index contributed by atoms with van der Waals surface area (Å²) in [5.74, 6) is 0.968. The monoisotopic (exact) mass is 263 g/mol. The van der Waals surface area contributed by atoms with Crippen molar-refractivity contribution in [3.63, 3.8) is 0 Å². The molecule has 0 fully saturated rings. The Morgan fingerprint density at radius 1 is 1.26 bits per heavy atom. The average molecular weight is 263 g/mol. The maximum atomic E-state index is 6.11. The Kier molecular flexibility index (Phi) is 4.52. The molecule has 2 aromatic rings. The number of para-hydroxylation sites is 2. The largest absolute Gasteiger partial charge is 0.354 e. The predicted octanol–water partition coefficient (Wildman–Crippen LogP) is 1.54. The number of imidazole rings is 1. The summed E-state index contributed by atoms with van der Waals surface area (Å²) in [7, 11) is 3.19. The average Bonchev–Trinajstić information content (AvgIpc) is 2.77. The van der Waals surface area contributed by atoms with Gasteiger partial charge in [-0.1, -0.05) is 12.1 Å². The van der Waals surface area contributed by atoms with E-state index >= 15 is 0 Å². The summed E-state index contributed by atoms with van der Waals surface area (Å²) in [6, 6.07) is 7.86. The molecule has 1 heterocycles. The topological polar surface area (TPSA) is 62.3 Å². The zero-order valence-corrected chi connectivity index (χ0v) is 11.7. The van der Waals surface area contributed by atoms with Gasteiger partial charge in [0.05, 0.1) is 17.1 Å². The number of fused-ring (bicyclic) bond motifs is 1. The number of methoxy groups -OCH3 is 2. The second kappa shape index (κ2) is 6.14. The molecule has 2 N–H and O–H groups in total. The lowest BCUT2D eigenvalue weighted by Gasteiger charge is -2.20. The van der Waals surface area contributed by atoms with Crippen molar-refractivity contribution < 1.29 is 9.47 Å². The first-order chi connectivity index (χ1) is 9.21. The van der Waals surface area contributed by atoms with Crippen molar-refractivity contribution in [2.24, 2.45) is 5.73 Å². The van der Waals surface area contributed by atoms with Crippen LogP contribution in [0.2, 0.25) is 0 Å². The van der Waals surface area contributed by atoms with E-state index in [1.165, 1.54) is 0 Å². The fraction of sp³-hybridized carbons (Fsp3) is 0.500. The zero-order valence-electron chi connectivity index (χ0n) is 11.7. The summed E-state index contributed by atoms with van der Waals surface area (Å²) in [6.07, 6.45) is 0.208. The molecule has 19 heavy (non-hydrogen) atoms. The van der Waals surface area contributed by atoms with Gasteiger partial charge in [-0.2, -0.15) is 0 Å². The highest BCUT2D eigenvalue weighted by atomic mass is 16.7. The number of rotatable bonds is 6. The van der Waals surface area contributed by atoms with Crippen molar-refractivity contribution in [3.8, 4) is 0 Å². The Morgan fingerprint density at radius 3 is 2.58 bits per heavy atom. The molecule has 104 valence electrons. The molecule has 1 aromatic heterocycles. The summed E-state index contributed by atoms with van der Waals surface area (Å²) in [4.78, 5) is 4.65. The van der Waals surface area contributed by atoms with Crippen molar-refractivity contribution in [1.29, 1.82) is 0 Å². The number of nitrogens with zero attached hydrogens (tertiary/aromatic N) is 2. The van der Waals surface area contributed by atoms with Crippen LogP contribution in [-0.2, 0) is 22.4 Å². The van der Waals surface area contributed by atoms with Crippen LogP contribution in [0.3, 0.4) is 0 Å². The van der Waals surface area contributed by atoms with Gasteiger partial charge in [0.1, 0.15) is 5.82 Å². The maximum Gasteiger partial charge on any atom is 0.172 e. The van der Waals surface area contributed by atoms with Gasteiger partial charge in [0.25, 0.3) is 0 Å². The first-order valence-electron chi connectivity index (χ1n) is 6.46. The van der Waals surface area contributed by atoms with Crippen molar-refractivity contribution in [2.75, 3.05) is 14.2 Å². The van der Waals surface area contributed by atoms with E-state index < -0.39 is 6.29 Å². The van der Waals surface area contributed by atoms with Gasteiger partial charge in [-0.05, 0) is 19.1 Å². The number of hydrogen-bond donors (Lipinski definition) is 1. The van der Waals surface area contributed by atoms with Crippen LogP contribution in [0, 0.1) is 0 Å². The van der Waals surface area contributed by atoms with Crippen LogP contribution in [0.4, 0.5) is 0 Å². The van der Waals surface area contributed by atoms with E-state index in [1.54, 1.807) is 14.2 Å². The molecule has 5 heteroatoms. The maximum absolute atomic E-state index is 6.11. The van der Waals surface area contributed by atoms with E-state index in [4.69, 9.17) is 15.2 Å². The number of benzene rings is 1. The third-order valence-electron chi connectivity index (χ3n) is 3.28. The van der Waals surface area contributed by atoms with Crippen LogP contribution in [-0.4, -0.2) is 36.1 Å². The van der Waals surface area contributed by atoms with Crippen LogP contribution < -0.4 is 5.73 Å². The van der Waals surface area contributed by atoms with Crippen molar-refractivity contribution >= 4 is 11.0 Å². The Balaban J connectivity index is 2.29. The molecular weight excluding hydrogens is 242 g/mol. The van der Waals surface area contributed by atoms with Gasteiger partial charge in [-0.25, -0.2) is 4.98 Å². The van der Waals surface area contributed by atoms with Crippen LogP contribution in [0.5, 0.6) is 0 Å². The molecule has 0 saturated carbocycles. The Morgan fingerprint density at radius 2 is 1.95 bits per heavy atom. The molecule has 0 amide bonds. The first-order valence-corrected chi connectivity index (χ1v) is 6.46. The normalized spacial score (nSPS) is 13.3. The lowest BCUT2D eigenvalue weighted by atomic mass is 10.2. The van der Waals surface area contributed by atoms with Crippen LogP contribution >= 0.6 is 0 Å². The summed E-state index contributed by atoms with van der Waals surface area (Å²) in [5, 5.41) is 0. The minimum absolute atomic E-state index is 0.239. The Labute approximate surface area is 113 Å². The van der Waals surface area contributed by atoms with Gasteiger partial charge in [0, 0.05) is 27.2 Å². The molecule has 5 nitrogen and oxygen atoms in total. The first kappa shape index (κ1) is 14.0. The molecule has 1 unspecified atom stereocenters. The van der Waals surface area contributed by atoms with Gasteiger partial charge in [-0.3, -0.25) is 0 Å². The van der Waals surface area contributed by atoms with Gasteiger partial charge >= 0.3 is 0 Å². The zero-order chi connectivity index (χ0) is 13.8. The van der Waals surface area contributed by atoms with E-state index in [9.17, 15) is 0 Å². The minimum atomic E-state index is -0.412. The molecule has 1 atom stereocenters. The van der Waals surface area contributed by atoms with E-state index in [0.29, 0.717) is 6.42 Å². The summed E-state index contributed by atoms with van der Waals surface area (Å²) >= 11 is 0. The van der Waals surface area contributed by atoms with Gasteiger partial charge in [-0.15, -0.1) is 0 Å². The molecule has 0 spiro atoms. The van der Waals surface area contributed by atoms with Gasteiger partial charge in [0.15, 0.2) is 6.29 Å². The third kappa shape index (κ3) is 2.78. The molecule has 0 aliphatic heterocycles. The number of aryl methyl sites for hydroxylation is 1. The number of ether oxygens (including phenoxy) is 2. The molecule has 0 aliphatic carbocycles. The van der Waals surface area contributed by atoms with Crippen LogP contribution in [0.1, 0.15) is 12.7 Å². The predicted molar refractivity (Wildman–Crippen MR) is 74.9 cm³/mol. The summed E-state index contributed by atoms with van der Waals surface area (Å²) in [5.41, 5.74) is 8.25. The molecule has 0 bridgehead atoms. The molecule has 0 aliphatic rings. The van der Waals surface area contributed by atoms with Crippen LogP contribution in [0.25, 0.3) is 11.0 Å². The summed E-state index contributed by atoms with van der Waals surface area (Å²) < 4.78 is 12.6. The highest BCUT2D eigenvalue weighted by molar-refractivity contribution is 5.75. The Hall–Kier alpha value is -1.43. The lowest BCUT2D eigenvalue weighted by molar-refractivity contribution is -0.116. The second-order valence-electron chi connectivity index (χ2n) is 4.47. The number of nitrogens with two attached hydrogens (primary N) is 1. The SMILES string of the molecule is CCn1c(CC(N)C(OC)OC)nc2ccccc21. The molecular formula is C14H21N3O2.